The van der Waals surface area contributed by atoms with E-state index in [0.29, 0.717) is 24.9 Å². The minimum absolute atomic E-state index is 0.0114. The third-order valence-electron chi connectivity index (χ3n) is 4.67. The molecular weight excluding hydrogens is 331 g/mol. The maximum Gasteiger partial charge on any atom is 0.243 e. The molecule has 136 valence electrons. The third kappa shape index (κ3) is 4.69. The van der Waals surface area contributed by atoms with Crippen LogP contribution in [0, 0.1) is 5.82 Å². The number of nitrogens with zero attached hydrogens (tertiary/aromatic N) is 1. The van der Waals surface area contributed by atoms with Crippen molar-refractivity contribution in [3.8, 4) is 0 Å². The summed E-state index contributed by atoms with van der Waals surface area (Å²) in [7, 11) is 0. The van der Waals surface area contributed by atoms with Crippen molar-refractivity contribution in [3.05, 3.63) is 71.5 Å². The van der Waals surface area contributed by atoms with Gasteiger partial charge in [-0.15, -0.1) is 0 Å². The van der Waals surface area contributed by atoms with Gasteiger partial charge in [0.25, 0.3) is 0 Å². The van der Waals surface area contributed by atoms with Gasteiger partial charge < -0.3 is 10.2 Å². The number of likely N-dealkylation sites (tertiary alicyclic amines) is 1. The van der Waals surface area contributed by atoms with E-state index in [4.69, 9.17) is 0 Å². The zero-order chi connectivity index (χ0) is 18.4. The van der Waals surface area contributed by atoms with Crippen LogP contribution in [0.3, 0.4) is 0 Å². The Morgan fingerprint density at radius 1 is 1.08 bits per heavy atom. The molecule has 3 rings (SSSR count). The van der Waals surface area contributed by atoms with Gasteiger partial charge in [0, 0.05) is 19.5 Å². The summed E-state index contributed by atoms with van der Waals surface area (Å²) >= 11 is 0. The lowest BCUT2D eigenvalue weighted by atomic mass is 10.1. The van der Waals surface area contributed by atoms with Crippen molar-refractivity contribution in [1.82, 2.24) is 10.2 Å². The van der Waals surface area contributed by atoms with Crippen LogP contribution in [0.1, 0.15) is 36.8 Å². The Morgan fingerprint density at radius 3 is 2.62 bits per heavy atom. The van der Waals surface area contributed by atoms with Crippen LogP contribution in [0.2, 0.25) is 0 Å². The fourth-order valence-electron chi connectivity index (χ4n) is 3.29. The Labute approximate surface area is 153 Å². The predicted molar refractivity (Wildman–Crippen MR) is 97.5 cm³/mol. The fraction of sp³-hybridized carbons (Fsp3) is 0.333. The first-order chi connectivity index (χ1) is 12.6. The Hall–Kier alpha value is -2.69. The van der Waals surface area contributed by atoms with Crippen LogP contribution in [-0.2, 0) is 22.7 Å². The second-order valence-electron chi connectivity index (χ2n) is 6.62. The minimum atomic E-state index is -0.487. The Morgan fingerprint density at radius 2 is 1.85 bits per heavy atom. The molecule has 0 bridgehead atoms. The Kier molecular flexibility index (Phi) is 6.00. The molecule has 1 unspecified atom stereocenters. The second kappa shape index (κ2) is 8.61. The number of benzene rings is 2. The van der Waals surface area contributed by atoms with Gasteiger partial charge in [-0.25, -0.2) is 4.39 Å². The first-order valence-corrected chi connectivity index (χ1v) is 8.99. The van der Waals surface area contributed by atoms with Crippen molar-refractivity contribution >= 4 is 11.8 Å². The summed E-state index contributed by atoms with van der Waals surface area (Å²) in [6.07, 6.45) is 2.76. The maximum absolute atomic E-state index is 13.3. The molecule has 0 aromatic heterocycles. The van der Waals surface area contributed by atoms with Crippen molar-refractivity contribution in [2.24, 2.45) is 0 Å². The summed E-state index contributed by atoms with van der Waals surface area (Å²) in [5.74, 6) is -0.496. The fourth-order valence-corrected chi connectivity index (χ4v) is 3.29. The summed E-state index contributed by atoms with van der Waals surface area (Å²) in [5, 5.41) is 2.86. The number of rotatable bonds is 5. The van der Waals surface area contributed by atoms with E-state index in [1.54, 1.807) is 17.0 Å². The van der Waals surface area contributed by atoms with Gasteiger partial charge in [-0.05, 0) is 36.1 Å². The Balaban J connectivity index is 1.70. The molecule has 4 nitrogen and oxygen atoms in total. The summed E-state index contributed by atoms with van der Waals surface area (Å²) < 4.78 is 13.3. The van der Waals surface area contributed by atoms with Crippen LogP contribution < -0.4 is 5.32 Å². The number of hydrogen-bond acceptors (Lipinski definition) is 2. The minimum Gasteiger partial charge on any atom is -0.350 e. The van der Waals surface area contributed by atoms with Crippen molar-refractivity contribution in [2.45, 2.75) is 44.8 Å². The number of nitrogens with one attached hydrogen (secondary N) is 1. The topological polar surface area (TPSA) is 49.4 Å². The van der Waals surface area contributed by atoms with Crippen LogP contribution in [0.15, 0.2) is 54.6 Å². The van der Waals surface area contributed by atoms with Crippen LogP contribution in [-0.4, -0.2) is 22.8 Å². The van der Waals surface area contributed by atoms with E-state index in [1.165, 1.54) is 12.1 Å². The molecular formula is C21H23FN2O2. The van der Waals surface area contributed by atoms with Gasteiger partial charge in [-0.1, -0.05) is 48.9 Å². The second-order valence-corrected chi connectivity index (χ2v) is 6.62. The van der Waals surface area contributed by atoms with Crippen molar-refractivity contribution < 1.29 is 14.0 Å². The number of halogens is 1. The smallest absolute Gasteiger partial charge is 0.243 e. The highest BCUT2D eigenvalue weighted by atomic mass is 19.1. The molecule has 26 heavy (non-hydrogen) atoms. The standard InChI is InChI=1S/C21H23FN2O2/c22-18-10-6-9-17(13-18)14-23-21(26)19-11-4-5-12-20(25)24(19)15-16-7-2-1-3-8-16/h1-3,6-10,13,19H,4-5,11-12,14-15H2,(H,23,26). The van der Waals surface area contributed by atoms with Crippen molar-refractivity contribution in [2.75, 3.05) is 0 Å². The Bertz CT molecular complexity index is 764. The first kappa shape index (κ1) is 18.1. The highest BCUT2D eigenvalue weighted by Crippen LogP contribution is 2.21. The number of hydrogen-bond donors (Lipinski definition) is 1. The summed E-state index contributed by atoms with van der Waals surface area (Å²) in [5.41, 5.74) is 1.71. The van der Waals surface area contributed by atoms with Crippen molar-refractivity contribution in [3.63, 3.8) is 0 Å². The van der Waals surface area contributed by atoms with Crippen LogP contribution in [0.4, 0.5) is 4.39 Å². The number of carbonyl (C=O) groups excluding carboxylic acids is 2. The number of carbonyl (C=O) groups is 2. The monoisotopic (exact) mass is 354 g/mol. The highest BCUT2D eigenvalue weighted by Gasteiger charge is 2.31. The normalized spacial score (nSPS) is 17.7. The molecule has 2 aromatic rings. The molecule has 1 atom stereocenters. The van der Waals surface area contributed by atoms with Gasteiger partial charge in [0.2, 0.25) is 11.8 Å². The van der Waals surface area contributed by atoms with Crippen molar-refractivity contribution in [1.29, 1.82) is 0 Å². The van der Waals surface area contributed by atoms with Gasteiger partial charge in [-0.2, -0.15) is 0 Å². The van der Waals surface area contributed by atoms with E-state index in [9.17, 15) is 14.0 Å². The highest BCUT2D eigenvalue weighted by molar-refractivity contribution is 5.88. The van der Waals surface area contributed by atoms with E-state index in [1.807, 2.05) is 30.3 Å². The molecule has 1 fully saturated rings. The summed E-state index contributed by atoms with van der Waals surface area (Å²) in [6.45, 7) is 0.679. The summed E-state index contributed by atoms with van der Waals surface area (Å²) in [6, 6.07) is 15.4. The molecule has 0 radical (unpaired) electrons. The zero-order valence-electron chi connectivity index (χ0n) is 14.7. The van der Waals surface area contributed by atoms with Gasteiger partial charge in [0.05, 0.1) is 0 Å². The lowest BCUT2D eigenvalue weighted by Crippen LogP contribution is -2.48. The van der Waals surface area contributed by atoms with Crippen LogP contribution >= 0.6 is 0 Å². The van der Waals surface area contributed by atoms with Crippen LogP contribution in [0.5, 0.6) is 0 Å². The van der Waals surface area contributed by atoms with E-state index in [0.717, 1.165) is 18.4 Å². The molecule has 2 amide bonds. The molecule has 1 heterocycles. The van der Waals surface area contributed by atoms with Gasteiger partial charge >= 0.3 is 0 Å². The van der Waals surface area contributed by atoms with E-state index < -0.39 is 6.04 Å². The predicted octanol–water partition coefficient (Wildman–Crippen LogP) is 3.41. The molecule has 0 saturated carbocycles. The zero-order valence-corrected chi connectivity index (χ0v) is 14.7. The SMILES string of the molecule is O=C(NCc1cccc(F)c1)C1CCCCC(=O)N1Cc1ccccc1. The first-order valence-electron chi connectivity index (χ1n) is 8.99. The lowest BCUT2D eigenvalue weighted by Gasteiger charge is -2.29. The van der Waals surface area contributed by atoms with Gasteiger partial charge in [0.15, 0.2) is 0 Å². The van der Waals surface area contributed by atoms with Crippen LogP contribution in [0.25, 0.3) is 0 Å². The molecule has 2 aromatic carbocycles. The molecule has 1 saturated heterocycles. The van der Waals surface area contributed by atoms with Gasteiger partial charge in [-0.3, -0.25) is 9.59 Å². The molecule has 0 aliphatic carbocycles. The van der Waals surface area contributed by atoms with E-state index in [-0.39, 0.29) is 24.2 Å². The molecule has 0 spiro atoms. The quantitative estimate of drug-likeness (QED) is 0.894. The molecule has 1 N–H and O–H groups in total. The van der Waals surface area contributed by atoms with Gasteiger partial charge in [0.1, 0.15) is 11.9 Å². The molecule has 1 aliphatic rings. The average Bonchev–Trinajstić information content (AvgIpc) is 2.83. The molecule has 5 heteroatoms. The van der Waals surface area contributed by atoms with E-state index >= 15 is 0 Å². The third-order valence-corrected chi connectivity index (χ3v) is 4.67. The molecule has 1 aliphatic heterocycles. The summed E-state index contributed by atoms with van der Waals surface area (Å²) in [4.78, 5) is 27.0. The average molecular weight is 354 g/mol. The lowest BCUT2D eigenvalue weighted by molar-refractivity contribution is -0.140. The largest absolute Gasteiger partial charge is 0.350 e. The maximum atomic E-state index is 13.3. The number of amides is 2. The van der Waals surface area contributed by atoms with E-state index in [2.05, 4.69) is 5.32 Å².